The van der Waals surface area contributed by atoms with E-state index in [1.54, 1.807) is 0 Å². The number of halogens is 3. The van der Waals surface area contributed by atoms with Gasteiger partial charge in [0.1, 0.15) is 11.4 Å². The maximum atomic E-state index is 12.7. The minimum Gasteiger partial charge on any atom is -0.506 e. The summed E-state index contributed by atoms with van der Waals surface area (Å²) in [6, 6.07) is 3.96. The first kappa shape index (κ1) is 21.6. The fraction of sp³-hybridized carbons (Fsp3) is 0.200. The lowest BCUT2D eigenvalue weighted by atomic mass is 10.2. The van der Waals surface area contributed by atoms with E-state index in [0.717, 1.165) is 12.3 Å². The van der Waals surface area contributed by atoms with Crippen LogP contribution in [0.2, 0.25) is 0 Å². The van der Waals surface area contributed by atoms with Gasteiger partial charge in [0.15, 0.2) is 9.84 Å². The van der Waals surface area contributed by atoms with Crippen LogP contribution in [-0.4, -0.2) is 44.1 Å². The molecular weight excluding hydrogens is 425 g/mol. The maximum Gasteiger partial charge on any atom is 0.501 e. The van der Waals surface area contributed by atoms with E-state index in [9.17, 15) is 39.9 Å². The average Bonchev–Trinajstić information content (AvgIpc) is 2.62. The summed E-state index contributed by atoms with van der Waals surface area (Å²) in [6.07, 6.45) is 1.12. The third kappa shape index (κ3) is 4.09. The van der Waals surface area contributed by atoms with E-state index < -0.39 is 58.0 Å². The van der Waals surface area contributed by atoms with Gasteiger partial charge >= 0.3 is 5.51 Å². The average molecular weight is 438 g/mol. The van der Waals surface area contributed by atoms with Gasteiger partial charge < -0.3 is 10.4 Å². The van der Waals surface area contributed by atoms with Gasteiger partial charge in [-0.25, -0.2) is 21.8 Å². The number of nitrogens with one attached hydrogen (secondary N) is 1. The molecular formula is C15H13F3N2O6S2. The molecule has 0 aliphatic heterocycles. The number of benzene rings is 1. The first-order valence-electron chi connectivity index (χ1n) is 7.44. The number of alkyl halides is 3. The summed E-state index contributed by atoms with van der Waals surface area (Å²) in [5, 5.41) is 11.7. The van der Waals surface area contributed by atoms with Crippen LogP contribution in [0.1, 0.15) is 17.4 Å². The van der Waals surface area contributed by atoms with E-state index >= 15 is 0 Å². The molecule has 0 saturated heterocycles. The fourth-order valence-electron chi connectivity index (χ4n) is 2.07. The number of carbonyl (C=O) groups is 1. The zero-order valence-electron chi connectivity index (χ0n) is 14.1. The van der Waals surface area contributed by atoms with Crippen molar-refractivity contribution in [2.24, 2.45) is 0 Å². The highest BCUT2D eigenvalue weighted by atomic mass is 32.2. The quantitative estimate of drug-likeness (QED) is 0.684. The van der Waals surface area contributed by atoms with Crippen molar-refractivity contribution in [2.45, 2.75) is 22.2 Å². The van der Waals surface area contributed by atoms with Crippen molar-refractivity contribution in [1.29, 1.82) is 0 Å². The molecule has 1 aromatic heterocycles. The Morgan fingerprint density at radius 3 is 2.39 bits per heavy atom. The van der Waals surface area contributed by atoms with Crippen LogP contribution < -0.4 is 5.32 Å². The second kappa shape index (κ2) is 7.39. The highest BCUT2D eigenvalue weighted by molar-refractivity contribution is 7.92. The van der Waals surface area contributed by atoms with E-state index in [1.165, 1.54) is 13.0 Å². The fourth-order valence-corrected chi connectivity index (χ4v) is 3.89. The second-order valence-corrected chi connectivity index (χ2v) is 9.52. The van der Waals surface area contributed by atoms with Crippen LogP contribution in [0.25, 0.3) is 0 Å². The molecule has 0 bridgehead atoms. The standard InChI is InChI=1S/C15H13F3N2O6S2/c1-2-27(23,24)12-4-3-7-19-13(12)14(22)20-10-8-9(5-6-11(10)21)28(25,26)15(16,17)18/h3-8,21H,2H2,1H3,(H,20,22). The number of aromatic nitrogens is 1. The smallest absolute Gasteiger partial charge is 0.501 e. The Kier molecular flexibility index (Phi) is 5.71. The van der Waals surface area contributed by atoms with Gasteiger partial charge in [-0.05, 0) is 30.3 Å². The molecule has 152 valence electrons. The van der Waals surface area contributed by atoms with E-state index in [-0.39, 0.29) is 5.75 Å². The molecule has 0 saturated carbocycles. The van der Waals surface area contributed by atoms with Crippen LogP contribution in [-0.2, 0) is 19.7 Å². The largest absolute Gasteiger partial charge is 0.506 e. The van der Waals surface area contributed by atoms with Crippen LogP contribution in [0, 0.1) is 0 Å². The van der Waals surface area contributed by atoms with Crippen LogP contribution in [0.15, 0.2) is 46.3 Å². The van der Waals surface area contributed by atoms with Crippen molar-refractivity contribution in [3.8, 4) is 5.75 Å². The Labute approximate surface area is 157 Å². The zero-order valence-corrected chi connectivity index (χ0v) is 15.7. The molecule has 1 amide bonds. The summed E-state index contributed by atoms with van der Waals surface area (Å²) in [7, 11) is -9.58. The third-order valence-electron chi connectivity index (χ3n) is 3.53. The van der Waals surface area contributed by atoms with Crippen molar-refractivity contribution in [2.75, 3.05) is 11.1 Å². The molecule has 8 nitrogen and oxygen atoms in total. The van der Waals surface area contributed by atoms with Crippen LogP contribution in [0.4, 0.5) is 18.9 Å². The normalized spacial score (nSPS) is 12.6. The van der Waals surface area contributed by atoms with E-state index in [4.69, 9.17) is 0 Å². The number of aromatic hydroxyl groups is 1. The lowest BCUT2D eigenvalue weighted by molar-refractivity contribution is -0.0436. The molecule has 0 aliphatic rings. The molecule has 0 atom stereocenters. The molecule has 0 radical (unpaired) electrons. The molecule has 2 aromatic rings. The summed E-state index contributed by atoms with van der Waals surface area (Å²) in [5.41, 5.74) is -6.82. The number of hydrogen-bond donors (Lipinski definition) is 2. The van der Waals surface area contributed by atoms with Gasteiger partial charge in [0.2, 0.25) is 0 Å². The molecule has 0 spiro atoms. The molecule has 0 unspecified atom stereocenters. The Hall–Kier alpha value is -2.67. The monoisotopic (exact) mass is 438 g/mol. The zero-order chi connectivity index (χ0) is 21.3. The summed E-state index contributed by atoms with van der Waals surface area (Å²) in [5.74, 6) is -2.24. The number of phenolic OH excluding ortho intramolecular Hbond substituents is 1. The van der Waals surface area contributed by atoms with Gasteiger partial charge in [0.05, 0.1) is 21.2 Å². The van der Waals surface area contributed by atoms with Crippen molar-refractivity contribution < 1.29 is 39.9 Å². The summed E-state index contributed by atoms with van der Waals surface area (Å²) in [6.45, 7) is 1.33. The maximum absolute atomic E-state index is 12.7. The van der Waals surface area contributed by atoms with Gasteiger partial charge in [-0.2, -0.15) is 13.2 Å². The highest BCUT2D eigenvalue weighted by Crippen LogP contribution is 2.34. The lowest BCUT2D eigenvalue weighted by Crippen LogP contribution is -2.23. The summed E-state index contributed by atoms with van der Waals surface area (Å²) in [4.78, 5) is 14.4. The number of pyridine rings is 1. The Morgan fingerprint density at radius 1 is 1.18 bits per heavy atom. The van der Waals surface area contributed by atoms with Gasteiger partial charge in [-0.15, -0.1) is 0 Å². The van der Waals surface area contributed by atoms with Crippen molar-refractivity contribution in [1.82, 2.24) is 4.98 Å². The highest BCUT2D eigenvalue weighted by Gasteiger charge is 2.47. The summed E-state index contributed by atoms with van der Waals surface area (Å²) < 4.78 is 85.2. The number of anilines is 1. The molecule has 2 rings (SSSR count). The van der Waals surface area contributed by atoms with Crippen molar-refractivity contribution in [3.63, 3.8) is 0 Å². The molecule has 2 N–H and O–H groups in total. The van der Waals surface area contributed by atoms with Crippen LogP contribution >= 0.6 is 0 Å². The minimum atomic E-state index is -5.73. The van der Waals surface area contributed by atoms with Crippen LogP contribution in [0.5, 0.6) is 5.75 Å². The predicted molar refractivity (Wildman–Crippen MR) is 91.3 cm³/mol. The lowest BCUT2D eigenvalue weighted by Gasteiger charge is -2.12. The Balaban J connectivity index is 2.49. The molecule has 0 fully saturated rings. The van der Waals surface area contributed by atoms with E-state index in [2.05, 4.69) is 4.98 Å². The molecule has 1 aromatic carbocycles. The second-order valence-electron chi connectivity index (χ2n) is 5.34. The van der Waals surface area contributed by atoms with Gasteiger partial charge in [0, 0.05) is 6.20 Å². The number of hydrogen-bond acceptors (Lipinski definition) is 7. The van der Waals surface area contributed by atoms with Gasteiger partial charge in [-0.1, -0.05) is 6.92 Å². The number of phenols is 1. The topological polar surface area (TPSA) is 130 Å². The molecule has 0 aliphatic carbocycles. The van der Waals surface area contributed by atoms with E-state index in [1.807, 2.05) is 5.32 Å². The van der Waals surface area contributed by atoms with Gasteiger partial charge in [-0.3, -0.25) is 4.79 Å². The number of rotatable bonds is 5. The number of carbonyl (C=O) groups excluding carboxylic acids is 1. The van der Waals surface area contributed by atoms with Gasteiger partial charge in [0.25, 0.3) is 15.7 Å². The number of sulfone groups is 2. The number of nitrogens with zero attached hydrogens (tertiary/aromatic N) is 1. The predicted octanol–water partition coefficient (Wildman–Crippen LogP) is 2.13. The van der Waals surface area contributed by atoms with E-state index in [0.29, 0.717) is 18.2 Å². The van der Waals surface area contributed by atoms with Crippen molar-refractivity contribution >= 4 is 31.3 Å². The first-order chi connectivity index (χ1) is 12.8. The Bertz CT molecular complexity index is 1130. The van der Waals surface area contributed by atoms with Crippen molar-refractivity contribution in [3.05, 3.63) is 42.2 Å². The minimum absolute atomic E-state index is 0.344. The molecule has 1 heterocycles. The first-order valence-corrected chi connectivity index (χ1v) is 10.6. The SMILES string of the molecule is CCS(=O)(=O)c1cccnc1C(=O)Nc1cc(S(=O)(=O)C(F)(F)F)ccc1O. The van der Waals surface area contributed by atoms with Crippen LogP contribution in [0.3, 0.4) is 0 Å². The summed E-state index contributed by atoms with van der Waals surface area (Å²) >= 11 is 0. The Morgan fingerprint density at radius 2 is 1.82 bits per heavy atom. The molecule has 28 heavy (non-hydrogen) atoms. The third-order valence-corrected chi connectivity index (χ3v) is 6.78. The number of amides is 1. The molecule has 13 heteroatoms.